The Bertz CT molecular complexity index is 439. The Kier molecular flexibility index (Phi) is 5.64. The molecule has 0 aliphatic heterocycles. The average molecular weight is 271 g/mol. The monoisotopic (exact) mass is 271 g/mol. The largest absolute Gasteiger partial charge is 0.459 e. The summed E-state index contributed by atoms with van der Waals surface area (Å²) < 4.78 is 18.2. The van der Waals surface area contributed by atoms with Gasteiger partial charge in [0, 0.05) is 18.2 Å². The molecule has 1 amide bonds. The second-order valence-electron chi connectivity index (χ2n) is 3.63. The highest BCUT2D eigenvalue weighted by Crippen LogP contribution is 2.08. The lowest BCUT2D eigenvalue weighted by molar-refractivity contribution is -0.148. The number of nitrogens with one attached hydrogen (secondary N) is 1. The van der Waals surface area contributed by atoms with E-state index in [1.54, 1.807) is 12.1 Å². The van der Waals surface area contributed by atoms with Crippen LogP contribution in [0, 0.1) is 5.82 Å². The van der Waals surface area contributed by atoms with E-state index in [0.717, 1.165) is 0 Å². The molecule has 0 spiro atoms. The number of esters is 1. The Labute approximate surface area is 110 Å². The first kappa shape index (κ1) is 14.5. The summed E-state index contributed by atoms with van der Waals surface area (Å²) in [6.45, 7) is 1.12. The Morgan fingerprint density at radius 2 is 2.11 bits per heavy atom. The quantitative estimate of drug-likeness (QED) is 0.627. The highest BCUT2D eigenvalue weighted by atomic mass is 32.1. The fraction of sp³-hybridized carbons (Fsp3) is 0.333. The third-order valence-corrected chi connectivity index (χ3v) is 2.54. The number of halogens is 1. The van der Waals surface area contributed by atoms with Crippen molar-refractivity contribution in [2.45, 2.75) is 19.6 Å². The number of thiol groups is 1. The molecule has 1 unspecified atom stereocenters. The van der Waals surface area contributed by atoms with Crippen LogP contribution in [-0.4, -0.2) is 23.7 Å². The van der Waals surface area contributed by atoms with Crippen molar-refractivity contribution in [2.75, 3.05) is 5.75 Å². The highest BCUT2D eigenvalue weighted by Gasteiger charge is 2.19. The van der Waals surface area contributed by atoms with Crippen LogP contribution in [0.4, 0.5) is 4.39 Å². The van der Waals surface area contributed by atoms with E-state index in [0.29, 0.717) is 0 Å². The molecule has 1 aromatic rings. The molecule has 0 fully saturated rings. The van der Waals surface area contributed by atoms with Gasteiger partial charge < -0.3 is 10.1 Å². The van der Waals surface area contributed by atoms with Crippen molar-refractivity contribution in [3.05, 3.63) is 35.6 Å². The van der Waals surface area contributed by atoms with Crippen LogP contribution in [0.1, 0.15) is 12.5 Å². The van der Waals surface area contributed by atoms with Crippen LogP contribution in [-0.2, 0) is 20.9 Å². The van der Waals surface area contributed by atoms with Crippen LogP contribution in [0.3, 0.4) is 0 Å². The van der Waals surface area contributed by atoms with Crippen molar-refractivity contribution in [1.29, 1.82) is 0 Å². The summed E-state index contributed by atoms with van der Waals surface area (Å²) in [6.07, 6.45) is 0. The minimum Gasteiger partial charge on any atom is -0.459 e. The molecule has 1 rings (SSSR count). The maximum absolute atomic E-state index is 13.3. The summed E-state index contributed by atoms with van der Waals surface area (Å²) in [4.78, 5) is 22.4. The third kappa shape index (κ3) is 4.37. The zero-order valence-electron chi connectivity index (χ0n) is 9.85. The van der Waals surface area contributed by atoms with Gasteiger partial charge in [0.15, 0.2) is 0 Å². The molecule has 98 valence electrons. The van der Waals surface area contributed by atoms with Crippen LogP contribution in [0.25, 0.3) is 0 Å². The van der Waals surface area contributed by atoms with E-state index in [-0.39, 0.29) is 23.8 Å². The van der Waals surface area contributed by atoms with Gasteiger partial charge in [-0.15, -0.1) is 0 Å². The number of rotatable bonds is 5. The molecule has 0 heterocycles. The second kappa shape index (κ2) is 7.00. The first-order valence-corrected chi connectivity index (χ1v) is 5.96. The van der Waals surface area contributed by atoms with Crippen molar-refractivity contribution in [1.82, 2.24) is 5.32 Å². The average Bonchev–Trinajstić information content (AvgIpc) is 2.34. The molecule has 0 saturated carbocycles. The normalized spacial score (nSPS) is 11.7. The first-order chi connectivity index (χ1) is 8.54. The van der Waals surface area contributed by atoms with Gasteiger partial charge in [0.1, 0.15) is 18.5 Å². The summed E-state index contributed by atoms with van der Waals surface area (Å²) in [7, 11) is 0. The molecule has 4 nitrogen and oxygen atoms in total. The van der Waals surface area contributed by atoms with Crippen molar-refractivity contribution in [2.24, 2.45) is 0 Å². The molecule has 18 heavy (non-hydrogen) atoms. The van der Waals surface area contributed by atoms with Gasteiger partial charge in [0.2, 0.25) is 5.91 Å². The predicted octanol–water partition coefficient (Wildman–Crippen LogP) is 1.30. The number of ether oxygens (including phenoxy) is 1. The standard InChI is InChI=1S/C12H14FNO3S/c1-8(15)14-11(7-18)12(16)17-6-9-4-2-3-5-10(9)13/h2-5,11,18H,6-7H2,1H3,(H,14,15). The summed E-state index contributed by atoms with van der Waals surface area (Å²) in [5.74, 6) is -1.30. The summed E-state index contributed by atoms with van der Waals surface area (Å²) in [5, 5.41) is 2.40. The Hall–Kier alpha value is -1.56. The molecule has 1 aromatic carbocycles. The van der Waals surface area contributed by atoms with Crippen molar-refractivity contribution < 1.29 is 18.7 Å². The highest BCUT2D eigenvalue weighted by molar-refractivity contribution is 7.80. The SMILES string of the molecule is CC(=O)NC(CS)C(=O)OCc1ccccc1F. The Morgan fingerprint density at radius 3 is 2.67 bits per heavy atom. The van der Waals surface area contributed by atoms with E-state index in [1.165, 1.54) is 19.1 Å². The number of benzene rings is 1. The lowest BCUT2D eigenvalue weighted by Gasteiger charge is -2.14. The lowest BCUT2D eigenvalue weighted by Crippen LogP contribution is -2.42. The van der Waals surface area contributed by atoms with Gasteiger partial charge in [-0.25, -0.2) is 9.18 Å². The maximum atomic E-state index is 13.3. The smallest absolute Gasteiger partial charge is 0.329 e. The number of amides is 1. The first-order valence-electron chi connectivity index (χ1n) is 5.32. The fourth-order valence-electron chi connectivity index (χ4n) is 1.29. The molecule has 0 radical (unpaired) electrons. The number of hydrogen-bond acceptors (Lipinski definition) is 4. The topological polar surface area (TPSA) is 55.4 Å². The van der Waals surface area contributed by atoms with E-state index >= 15 is 0 Å². The second-order valence-corrected chi connectivity index (χ2v) is 4.00. The third-order valence-electron chi connectivity index (χ3n) is 2.17. The fourth-order valence-corrected chi connectivity index (χ4v) is 1.53. The molecule has 1 atom stereocenters. The van der Waals surface area contributed by atoms with E-state index < -0.39 is 17.8 Å². The summed E-state index contributed by atoms with van der Waals surface area (Å²) >= 11 is 3.94. The summed E-state index contributed by atoms with van der Waals surface area (Å²) in [6, 6.07) is 5.19. The Balaban J connectivity index is 2.54. The van der Waals surface area contributed by atoms with Crippen LogP contribution in [0.15, 0.2) is 24.3 Å². The number of carbonyl (C=O) groups excluding carboxylic acids is 2. The molecule has 1 N–H and O–H groups in total. The van der Waals surface area contributed by atoms with Crippen LogP contribution in [0.5, 0.6) is 0 Å². The predicted molar refractivity (Wildman–Crippen MR) is 67.7 cm³/mol. The van der Waals surface area contributed by atoms with Gasteiger partial charge in [0.05, 0.1) is 0 Å². The zero-order chi connectivity index (χ0) is 13.5. The molecular formula is C12H14FNO3S. The zero-order valence-corrected chi connectivity index (χ0v) is 10.7. The molecule has 0 aliphatic rings. The lowest BCUT2D eigenvalue weighted by atomic mass is 10.2. The van der Waals surface area contributed by atoms with Crippen LogP contribution in [0.2, 0.25) is 0 Å². The van der Waals surface area contributed by atoms with E-state index in [4.69, 9.17) is 4.74 Å². The van der Waals surface area contributed by atoms with E-state index in [1.807, 2.05) is 0 Å². The van der Waals surface area contributed by atoms with E-state index in [9.17, 15) is 14.0 Å². The van der Waals surface area contributed by atoms with Gasteiger partial charge in [-0.05, 0) is 6.07 Å². The van der Waals surface area contributed by atoms with Gasteiger partial charge in [-0.2, -0.15) is 12.6 Å². The van der Waals surface area contributed by atoms with Gasteiger partial charge in [-0.3, -0.25) is 4.79 Å². The number of hydrogen-bond donors (Lipinski definition) is 2. The van der Waals surface area contributed by atoms with Gasteiger partial charge in [0.25, 0.3) is 0 Å². The molecular weight excluding hydrogens is 257 g/mol. The van der Waals surface area contributed by atoms with Gasteiger partial charge in [-0.1, -0.05) is 18.2 Å². The maximum Gasteiger partial charge on any atom is 0.329 e. The van der Waals surface area contributed by atoms with Crippen LogP contribution < -0.4 is 5.32 Å². The molecule has 0 aliphatic carbocycles. The molecule has 6 heteroatoms. The Morgan fingerprint density at radius 1 is 1.44 bits per heavy atom. The van der Waals surface area contributed by atoms with Crippen molar-refractivity contribution in [3.63, 3.8) is 0 Å². The van der Waals surface area contributed by atoms with Crippen molar-refractivity contribution in [3.8, 4) is 0 Å². The summed E-state index contributed by atoms with van der Waals surface area (Å²) in [5.41, 5.74) is 0.284. The van der Waals surface area contributed by atoms with Gasteiger partial charge >= 0.3 is 5.97 Å². The minimum absolute atomic E-state index is 0.121. The molecule has 0 aromatic heterocycles. The molecule has 0 saturated heterocycles. The van der Waals surface area contributed by atoms with Crippen LogP contribution >= 0.6 is 12.6 Å². The van der Waals surface area contributed by atoms with E-state index in [2.05, 4.69) is 17.9 Å². The number of carbonyl (C=O) groups is 2. The van der Waals surface area contributed by atoms with Crippen molar-refractivity contribution >= 4 is 24.5 Å². The minimum atomic E-state index is -0.822. The molecule has 0 bridgehead atoms.